The average Bonchev–Trinajstić information content (AvgIpc) is 1.28. The van der Waals surface area contributed by atoms with Crippen LogP contribution in [-0.4, -0.2) is 85.0 Å². The van der Waals surface area contributed by atoms with E-state index in [0.717, 1.165) is 74.5 Å². The SMILES string of the molecule is CN(Cc1cnn(-c2ccc(F)cc2)c1)c1ncnc2ccc(C#CCNC(=O)c3cccn(Cc4ccc(F)c(F)c4)c3=O)cc12.COc1cccc(CN(C)c2ncnc3ccc(C#CCNC(=O)c4cccn(Cc5ccc(F)c(F)c5)c4=O)cc23)c1. The van der Waals surface area contributed by atoms with E-state index in [-0.39, 0.29) is 43.1 Å². The van der Waals surface area contributed by atoms with Gasteiger partial charge < -0.3 is 34.3 Å². The van der Waals surface area contributed by atoms with Gasteiger partial charge >= 0.3 is 0 Å². The van der Waals surface area contributed by atoms with Crippen LogP contribution in [0.5, 0.6) is 5.75 Å². The molecule has 0 aliphatic heterocycles. The minimum absolute atomic E-state index is 0.00225. The summed E-state index contributed by atoms with van der Waals surface area (Å²) in [4.78, 5) is 73.0. The lowest BCUT2D eigenvalue weighted by atomic mass is 10.1. The van der Waals surface area contributed by atoms with Crippen LogP contribution in [0.15, 0.2) is 193 Å². The summed E-state index contributed by atoms with van der Waals surface area (Å²) in [5.74, 6) is 8.61. The lowest BCUT2D eigenvalue weighted by Gasteiger charge is -2.20. The third-order valence-electron chi connectivity index (χ3n) is 14.0. The van der Waals surface area contributed by atoms with Crippen LogP contribution in [0.25, 0.3) is 27.5 Å². The van der Waals surface area contributed by atoms with Gasteiger partial charge in [0.15, 0.2) is 23.3 Å². The number of ether oxygens (including phenoxy) is 1. The predicted octanol–water partition coefficient (Wildman–Crippen LogP) is 9.41. The van der Waals surface area contributed by atoms with Crippen molar-refractivity contribution in [2.75, 3.05) is 44.1 Å². The van der Waals surface area contributed by atoms with E-state index in [4.69, 9.17) is 4.74 Å². The molecule has 11 aromatic rings. The Labute approximate surface area is 511 Å². The summed E-state index contributed by atoms with van der Waals surface area (Å²) in [5, 5.41) is 11.3. The van der Waals surface area contributed by atoms with E-state index in [9.17, 15) is 41.1 Å². The predicted molar refractivity (Wildman–Crippen MR) is 331 cm³/mol. The molecule has 0 bridgehead atoms. The maximum Gasteiger partial charge on any atom is 0.263 e. The molecule has 90 heavy (non-hydrogen) atoms. The number of fused-ring (bicyclic) bond motifs is 2. The first-order valence-electron chi connectivity index (χ1n) is 27.7. The number of hydrogen-bond donors (Lipinski definition) is 2. The zero-order valence-corrected chi connectivity index (χ0v) is 48.5. The minimum Gasteiger partial charge on any atom is -0.497 e. The highest BCUT2D eigenvalue weighted by Crippen LogP contribution is 2.27. The van der Waals surface area contributed by atoms with Crippen molar-refractivity contribution in [1.82, 2.24) is 49.5 Å². The van der Waals surface area contributed by atoms with Crippen LogP contribution in [0.4, 0.5) is 33.6 Å². The molecule has 5 aromatic heterocycles. The zero-order chi connectivity index (χ0) is 63.3. The molecule has 2 N–H and O–H groups in total. The van der Waals surface area contributed by atoms with Gasteiger partial charge in [-0.1, -0.05) is 47.9 Å². The van der Waals surface area contributed by atoms with Crippen molar-refractivity contribution in [3.8, 4) is 35.1 Å². The Kier molecular flexibility index (Phi) is 19.2. The van der Waals surface area contributed by atoms with Gasteiger partial charge in [0.1, 0.15) is 47.0 Å². The number of carbonyl (C=O) groups excluding carboxylic acids is 2. The van der Waals surface area contributed by atoms with Gasteiger partial charge in [-0.25, -0.2) is 46.6 Å². The monoisotopic (exact) mass is 1210 g/mol. The van der Waals surface area contributed by atoms with Crippen molar-refractivity contribution < 1.29 is 36.3 Å². The summed E-state index contributed by atoms with van der Waals surface area (Å²) < 4.78 is 76.5. The van der Waals surface area contributed by atoms with Crippen LogP contribution in [0.1, 0.15) is 54.1 Å². The third-order valence-corrected chi connectivity index (χ3v) is 14.0. The molecule has 450 valence electrons. The summed E-state index contributed by atoms with van der Waals surface area (Å²) in [5.41, 5.74) is 5.06. The molecule has 5 heterocycles. The number of nitrogens with zero attached hydrogens (tertiary/aromatic N) is 10. The summed E-state index contributed by atoms with van der Waals surface area (Å²) in [7, 11) is 5.49. The molecule has 17 nitrogen and oxygen atoms in total. The maximum atomic E-state index is 13.6. The first-order chi connectivity index (χ1) is 43.6. The first-order valence-corrected chi connectivity index (χ1v) is 27.7. The molecule has 0 spiro atoms. The number of rotatable bonds is 16. The van der Waals surface area contributed by atoms with E-state index in [1.165, 1.54) is 76.6 Å². The van der Waals surface area contributed by atoms with Gasteiger partial charge in [-0.15, -0.1) is 0 Å². The number of pyridine rings is 2. The van der Waals surface area contributed by atoms with Crippen molar-refractivity contribution in [2.24, 2.45) is 0 Å². The van der Waals surface area contributed by atoms with Gasteiger partial charge in [0.25, 0.3) is 22.9 Å². The van der Waals surface area contributed by atoms with Crippen molar-refractivity contribution in [3.05, 3.63) is 277 Å². The number of hydrogen-bond acceptors (Lipinski definition) is 12. The number of amides is 2. The molecule has 0 fully saturated rings. The molecule has 0 atom stereocenters. The van der Waals surface area contributed by atoms with Crippen molar-refractivity contribution >= 4 is 45.3 Å². The zero-order valence-electron chi connectivity index (χ0n) is 48.5. The summed E-state index contributed by atoms with van der Waals surface area (Å²) in [6.45, 7) is 1.04. The quantitative estimate of drug-likeness (QED) is 0.0691. The maximum absolute atomic E-state index is 13.6. The van der Waals surface area contributed by atoms with E-state index < -0.39 is 46.2 Å². The van der Waals surface area contributed by atoms with E-state index >= 15 is 0 Å². The Morgan fingerprint density at radius 1 is 0.544 bits per heavy atom. The Bertz CT molecular complexity index is 4740. The number of carbonyl (C=O) groups is 2. The molecule has 22 heteroatoms. The van der Waals surface area contributed by atoms with Crippen LogP contribution in [-0.2, 0) is 26.2 Å². The van der Waals surface area contributed by atoms with Crippen LogP contribution in [0, 0.1) is 52.8 Å². The van der Waals surface area contributed by atoms with Gasteiger partial charge in [-0.3, -0.25) is 19.2 Å². The number of halogens is 5. The first kappa shape index (κ1) is 61.3. The normalized spacial score (nSPS) is 10.7. The Morgan fingerprint density at radius 3 is 1.56 bits per heavy atom. The fraction of sp³-hybridized carbons (Fsp3) is 0.132. The summed E-state index contributed by atoms with van der Waals surface area (Å²) in [6.07, 6.45) is 9.58. The molecule has 6 aromatic carbocycles. The van der Waals surface area contributed by atoms with Gasteiger partial charge in [-0.05, 0) is 138 Å². The molecule has 0 radical (unpaired) electrons. The van der Waals surface area contributed by atoms with E-state index in [1.54, 1.807) is 36.2 Å². The number of nitrogens with one attached hydrogen (secondary N) is 2. The fourth-order valence-corrected chi connectivity index (χ4v) is 9.56. The van der Waals surface area contributed by atoms with Crippen LogP contribution in [0.2, 0.25) is 0 Å². The van der Waals surface area contributed by atoms with Crippen molar-refractivity contribution in [2.45, 2.75) is 26.2 Å². The Morgan fingerprint density at radius 2 is 1.06 bits per heavy atom. The lowest BCUT2D eigenvalue weighted by Crippen LogP contribution is -2.33. The number of anilines is 2. The molecular formula is C68H53F5N12O5. The average molecular weight is 1210 g/mol. The number of aromatic nitrogens is 8. The van der Waals surface area contributed by atoms with Gasteiger partial charge in [-0.2, -0.15) is 5.10 Å². The highest BCUT2D eigenvalue weighted by atomic mass is 19.2. The van der Waals surface area contributed by atoms with Crippen molar-refractivity contribution in [3.63, 3.8) is 0 Å². The molecule has 0 unspecified atom stereocenters. The second-order valence-electron chi connectivity index (χ2n) is 20.4. The molecule has 2 amide bonds. The Balaban J connectivity index is 0.000000199. The smallest absolute Gasteiger partial charge is 0.263 e. The molecule has 0 saturated heterocycles. The van der Waals surface area contributed by atoms with Gasteiger partial charge in [0, 0.05) is 73.2 Å². The molecule has 0 saturated carbocycles. The van der Waals surface area contributed by atoms with E-state index in [1.807, 2.05) is 90.8 Å². The minimum atomic E-state index is -1.02. The molecule has 0 aliphatic carbocycles. The van der Waals surface area contributed by atoms with Gasteiger partial charge in [0.2, 0.25) is 0 Å². The standard InChI is InChI=1S/C35H26F3N7O2.C33H27F2N5O3/c1-43(19-25-18-42-45(21-25)27-10-8-26(36)9-11-27)33-29-16-23(7-13-32(29)40-22-41-33)4-2-14-39-34(46)28-5-3-15-44(35(28)47)20-24-6-12-30(37)31(38)17-24;1-39(19-23-6-3-8-25(16-23)43-2)31-27-17-22(11-13-30(27)37-21-38-31)7-4-14-36-32(41)26-9-5-15-40(33(26)42)20-24-10-12-28(34)29(35)18-24/h3,5-13,15-18,21-22H,14,19-20H2,1H3,(H,39,46);3,5-6,8-13,15-18,21H,14,19-20H2,1-2H3,(H,36,41). The van der Waals surface area contributed by atoms with Crippen molar-refractivity contribution in [1.29, 1.82) is 0 Å². The van der Waals surface area contributed by atoms with Crippen LogP contribution < -0.4 is 36.3 Å². The second-order valence-corrected chi connectivity index (χ2v) is 20.4. The Hall–Kier alpha value is -11.8. The summed E-state index contributed by atoms with van der Waals surface area (Å²) >= 11 is 0. The van der Waals surface area contributed by atoms with Crippen LogP contribution in [0.3, 0.4) is 0 Å². The molecule has 0 aliphatic rings. The summed E-state index contributed by atoms with van der Waals surface area (Å²) in [6, 6.07) is 37.7. The largest absolute Gasteiger partial charge is 0.497 e. The number of methoxy groups -OCH3 is 1. The molecule has 11 rings (SSSR count). The highest BCUT2D eigenvalue weighted by molar-refractivity contribution is 5.95. The number of benzene rings is 6. The topological polar surface area (TPSA) is 187 Å². The fourth-order valence-electron chi connectivity index (χ4n) is 9.56. The second kappa shape index (κ2) is 28.2. The highest BCUT2D eigenvalue weighted by Gasteiger charge is 2.17. The molecular weight excluding hydrogens is 1160 g/mol. The van der Waals surface area contributed by atoms with Crippen LogP contribution >= 0.6 is 0 Å². The van der Waals surface area contributed by atoms with Gasteiger partial charge in [0.05, 0.1) is 56.2 Å². The third kappa shape index (κ3) is 15.1. The van der Waals surface area contributed by atoms with E-state index in [2.05, 4.69) is 59.3 Å². The van der Waals surface area contributed by atoms with E-state index in [0.29, 0.717) is 41.2 Å². The lowest BCUT2D eigenvalue weighted by molar-refractivity contribution is 0.0948.